The lowest BCUT2D eigenvalue weighted by molar-refractivity contribution is -0.113. The molecule has 0 aliphatic heterocycles. The van der Waals surface area contributed by atoms with Crippen molar-refractivity contribution in [1.29, 1.82) is 0 Å². The third kappa shape index (κ3) is 5.45. The standard InChI is InChI=1S/C20H22N4O3S2/c1-4-27-19(26)17-14(10-15(29-17)13-8-6-5-7-9-13)21-16(25)11-28-20-22-18(12(2)3)23-24-20/h5-10,12H,4,11H2,1-3H3,(H,21,25)(H,22,23,24). The number of benzene rings is 1. The predicted octanol–water partition coefficient (Wildman–Crippen LogP) is 4.56. The monoisotopic (exact) mass is 430 g/mol. The number of carbonyl (C=O) groups is 2. The highest BCUT2D eigenvalue weighted by atomic mass is 32.2. The van der Waals surface area contributed by atoms with Gasteiger partial charge in [-0.05, 0) is 18.6 Å². The summed E-state index contributed by atoms with van der Waals surface area (Å²) in [6.45, 7) is 6.05. The largest absolute Gasteiger partial charge is 0.462 e. The molecule has 0 aliphatic carbocycles. The van der Waals surface area contributed by atoms with Crippen LogP contribution in [0.2, 0.25) is 0 Å². The highest BCUT2D eigenvalue weighted by molar-refractivity contribution is 7.99. The number of ether oxygens (including phenoxy) is 1. The molecule has 0 radical (unpaired) electrons. The van der Waals surface area contributed by atoms with Crippen molar-refractivity contribution in [2.45, 2.75) is 31.8 Å². The summed E-state index contributed by atoms with van der Waals surface area (Å²) < 4.78 is 5.14. The Hall–Kier alpha value is -2.65. The molecule has 3 rings (SSSR count). The van der Waals surface area contributed by atoms with Crippen molar-refractivity contribution in [1.82, 2.24) is 15.2 Å². The van der Waals surface area contributed by atoms with Gasteiger partial charge in [0.1, 0.15) is 10.7 Å². The quantitative estimate of drug-likeness (QED) is 0.401. The zero-order valence-electron chi connectivity index (χ0n) is 16.4. The minimum Gasteiger partial charge on any atom is -0.462 e. The molecule has 2 heterocycles. The summed E-state index contributed by atoms with van der Waals surface area (Å²) in [5.41, 5.74) is 1.43. The Morgan fingerprint density at radius 1 is 1.28 bits per heavy atom. The zero-order chi connectivity index (χ0) is 20.8. The Labute approximate surface area is 177 Å². The van der Waals surface area contributed by atoms with Crippen LogP contribution < -0.4 is 5.32 Å². The summed E-state index contributed by atoms with van der Waals surface area (Å²) in [7, 11) is 0. The van der Waals surface area contributed by atoms with E-state index in [0.717, 1.165) is 16.3 Å². The maximum absolute atomic E-state index is 12.5. The van der Waals surface area contributed by atoms with Crippen molar-refractivity contribution in [2.24, 2.45) is 0 Å². The van der Waals surface area contributed by atoms with Crippen LogP contribution in [-0.2, 0) is 9.53 Å². The van der Waals surface area contributed by atoms with Gasteiger partial charge in [-0.1, -0.05) is 55.9 Å². The van der Waals surface area contributed by atoms with Gasteiger partial charge in [0.05, 0.1) is 18.0 Å². The fourth-order valence-electron chi connectivity index (χ4n) is 2.47. The molecule has 1 amide bonds. The van der Waals surface area contributed by atoms with Crippen molar-refractivity contribution in [3.05, 3.63) is 47.1 Å². The summed E-state index contributed by atoms with van der Waals surface area (Å²) in [4.78, 5) is 30.4. The van der Waals surface area contributed by atoms with Gasteiger partial charge in [-0.15, -0.1) is 16.4 Å². The smallest absolute Gasteiger partial charge is 0.350 e. The van der Waals surface area contributed by atoms with E-state index >= 15 is 0 Å². The first-order valence-electron chi connectivity index (χ1n) is 9.19. The van der Waals surface area contributed by atoms with Gasteiger partial charge in [-0.2, -0.15) is 0 Å². The summed E-state index contributed by atoms with van der Waals surface area (Å²) >= 11 is 2.53. The van der Waals surface area contributed by atoms with E-state index in [1.807, 2.05) is 44.2 Å². The van der Waals surface area contributed by atoms with Crippen LogP contribution in [0.15, 0.2) is 41.6 Å². The molecule has 0 unspecified atom stereocenters. The average Bonchev–Trinajstić information content (AvgIpc) is 3.35. The zero-order valence-corrected chi connectivity index (χ0v) is 18.0. The molecule has 0 saturated carbocycles. The van der Waals surface area contributed by atoms with Gasteiger partial charge >= 0.3 is 5.97 Å². The van der Waals surface area contributed by atoms with Gasteiger partial charge in [0.25, 0.3) is 0 Å². The molecule has 7 nitrogen and oxygen atoms in total. The summed E-state index contributed by atoms with van der Waals surface area (Å²) in [6.07, 6.45) is 0. The molecular weight excluding hydrogens is 408 g/mol. The predicted molar refractivity (Wildman–Crippen MR) is 116 cm³/mol. The van der Waals surface area contributed by atoms with Gasteiger partial charge in [0.15, 0.2) is 0 Å². The number of rotatable bonds is 8. The van der Waals surface area contributed by atoms with Crippen LogP contribution in [0, 0.1) is 0 Å². The SMILES string of the molecule is CCOC(=O)c1sc(-c2ccccc2)cc1NC(=O)CSc1n[nH]c(C(C)C)n1. The summed E-state index contributed by atoms with van der Waals surface area (Å²) in [5.74, 6) is 0.462. The Bertz CT molecular complexity index is 983. The number of hydrogen-bond acceptors (Lipinski definition) is 7. The number of aromatic amines is 1. The molecule has 29 heavy (non-hydrogen) atoms. The van der Waals surface area contributed by atoms with Crippen LogP contribution in [0.4, 0.5) is 5.69 Å². The fraction of sp³-hybridized carbons (Fsp3) is 0.300. The van der Waals surface area contributed by atoms with Crippen molar-refractivity contribution < 1.29 is 14.3 Å². The van der Waals surface area contributed by atoms with E-state index in [9.17, 15) is 9.59 Å². The van der Waals surface area contributed by atoms with Gasteiger partial charge in [0.2, 0.25) is 11.1 Å². The highest BCUT2D eigenvalue weighted by Gasteiger charge is 2.20. The third-order valence-electron chi connectivity index (χ3n) is 3.89. The molecule has 0 saturated heterocycles. The number of carbonyl (C=O) groups excluding carboxylic acids is 2. The first kappa shape index (κ1) is 21.1. The van der Waals surface area contributed by atoms with Crippen LogP contribution in [0.1, 0.15) is 42.2 Å². The molecule has 0 bridgehead atoms. The van der Waals surface area contributed by atoms with Crippen LogP contribution in [0.25, 0.3) is 10.4 Å². The minimum absolute atomic E-state index is 0.133. The first-order valence-corrected chi connectivity index (χ1v) is 11.0. The van der Waals surface area contributed by atoms with E-state index in [-0.39, 0.29) is 24.2 Å². The molecule has 2 N–H and O–H groups in total. The number of thiophene rings is 1. The number of nitrogens with one attached hydrogen (secondary N) is 2. The van der Waals surface area contributed by atoms with Crippen molar-refractivity contribution in [2.75, 3.05) is 17.7 Å². The molecule has 0 aliphatic rings. The van der Waals surface area contributed by atoms with Crippen LogP contribution >= 0.6 is 23.1 Å². The molecule has 3 aromatic rings. The van der Waals surface area contributed by atoms with Crippen LogP contribution in [0.3, 0.4) is 0 Å². The molecule has 0 fully saturated rings. The number of anilines is 1. The highest BCUT2D eigenvalue weighted by Crippen LogP contribution is 2.35. The topological polar surface area (TPSA) is 97.0 Å². The van der Waals surface area contributed by atoms with E-state index in [4.69, 9.17) is 4.74 Å². The first-order chi connectivity index (χ1) is 14.0. The van der Waals surface area contributed by atoms with E-state index in [1.165, 1.54) is 23.1 Å². The third-order valence-corrected chi connectivity index (χ3v) is 5.90. The Balaban J connectivity index is 1.73. The van der Waals surface area contributed by atoms with Crippen LogP contribution in [0.5, 0.6) is 0 Å². The second-order valence-electron chi connectivity index (χ2n) is 6.43. The van der Waals surface area contributed by atoms with E-state index in [0.29, 0.717) is 15.7 Å². The molecule has 0 atom stereocenters. The molecule has 9 heteroatoms. The van der Waals surface area contributed by atoms with E-state index < -0.39 is 5.97 Å². The number of aromatic nitrogens is 3. The van der Waals surface area contributed by atoms with Gasteiger partial charge in [-0.25, -0.2) is 9.78 Å². The fourth-order valence-corrected chi connectivity index (χ4v) is 4.09. The van der Waals surface area contributed by atoms with E-state index in [2.05, 4.69) is 20.5 Å². The molecule has 1 aromatic carbocycles. The Morgan fingerprint density at radius 3 is 2.69 bits per heavy atom. The number of hydrogen-bond donors (Lipinski definition) is 2. The lowest BCUT2D eigenvalue weighted by Gasteiger charge is -2.05. The second kappa shape index (κ2) is 9.71. The van der Waals surface area contributed by atoms with Gasteiger partial charge in [-0.3, -0.25) is 9.89 Å². The number of H-pyrrole nitrogens is 1. The summed E-state index contributed by atoms with van der Waals surface area (Å²) in [5, 5.41) is 10.3. The lowest BCUT2D eigenvalue weighted by atomic mass is 10.2. The maximum Gasteiger partial charge on any atom is 0.350 e. The lowest BCUT2D eigenvalue weighted by Crippen LogP contribution is -2.16. The molecule has 2 aromatic heterocycles. The molecule has 152 valence electrons. The van der Waals surface area contributed by atoms with Crippen molar-refractivity contribution in [3.63, 3.8) is 0 Å². The maximum atomic E-state index is 12.5. The van der Waals surface area contributed by atoms with Crippen molar-refractivity contribution in [3.8, 4) is 10.4 Å². The van der Waals surface area contributed by atoms with Crippen LogP contribution in [-0.4, -0.2) is 39.4 Å². The minimum atomic E-state index is -0.446. The number of thioether (sulfide) groups is 1. The van der Waals surface area contributed by atoms with Crippen molar-refractivity contribution >= 4 is 40.7 Å². The number of amides is 1. The molecular formula is C20H22N4O3S2. The second-order valence-corrected chi connectivity index (χ2v) is 8.43. The van der Waals surface area contributed by atoms with Gasteiger partial charge in [0, 0.05) is 10.8 Å². The number of esters is 1. The Morgan fingerprint density at radius 2 is 2.03 bits per heavy atom. The number of nitrogens with zero attached hydrogens (tertiary/aromatic N) is 2. The van der Waals surface area contributed by atoms with E-state index in [1.54, 1.807) is 13.0 Å². The van der Waals surface area contributed by atoms with Gasteiger partial charge < -0.3 is 10.1 Å². The Kier molecular flexibility index (Phi) is 7.05. The summed E-state index contributed by atoms with van der Waals surface area (Å²) in [6, 6.07) is 11.5. The normalized spacial score (nSPS) is 10.9. The molecule has 0 spiro atoms. The average molecular weight is 431 g/mol.